The van der Waals surface area contributed by atoms with Crippen LogP contribution < -0.4 is 5.56 Å². The highest BCUT2D eigenvalue weighted by molar-refractivity contribution is 7.91. The molecule has 1 aromatic rings. The van der Waals surface area contributed by atoms with Gasteiger partial charge in [0.05, 0.1) is 11.3 Å². The van der Waals surface area contributed by atoms with Gasteiger partial charge in [-0.05, 0) is 12.5 Å². The van der Waals surface area contributed by atoms with Gasteiger partial charge >= 0.3 is 5.97 Å². The summed E-state index contributed by atoms with van der Waals surface area (Å²) in [5.41, 5.74) is -0.616. The smallest absolute Gasteiger partial charge is 0.335 e. The fourth-order valence-electron chi connectivity index (χ4n) is 1.48. The molecule has 0 saturated heterocycles. The molecule has 0 atom stereocenters. The van der Waals surface area contributed by atoms with E-state index < -0.39 is 21.4 Å². The van der Waals surface area contributed by atoms with Crippen molar-refractivity contribution in [1.82, 2.24) is 4.57 Å². The van der Waals surface area contributed by atoms with Crippen LogP contribution in [0, 0.1) is 0 Å². The van der Waals surface area contributed by atoms with Crippen molar-refractivity contribution >= 4 is 15.8 Å². The number of rotatable bonds is 6. The number of aromatic nitrogens is 1. The summed E-state index contributed by atoms with van der Waals surface area (Å²) in [4.78, 5) is 22.1. The number of pyridine rings is 1. The molecule has 0 fully saturated rings. The zero-order valence-corrected chi connectivity index (χ0v) is 10.8. The molecule has 0 aliphatic heterocycles. The molecule has 0 amide bonds. The molecule has 0 aliphatic carbocycles. The lowest BCUT2D eigenvalue weighted by Crippen LogP contribution is -2.25. The van der Waals surface area contributed by atoms with Crippen LogP contribution in [0.3, 0.4) is 0 Å². The number of aromatic carboxylic acids is 1. The van der Waals surface area contributed by atoms with Crippen molar-refractivity contribution in [2.45, 2.75) is 19.9 Å². The molecule has 1 N–H and O–H groups in total. The van der Waals surface area contributed by atoms with Gasteiger partial charge in [-0.15, -0.1) is 0 Å². The zero-order chi connectivity index (χ0) is 13.8. The van der Waals surface area contributed by atoms with Crippen molar-refractivity contribution in [2.75, 3.05) is 11.5 Å². The molecule has 0 aliphatic rings. The van der Waals surface area contributed by atoms with Gasteiger partial charge in [0.2, 0.25) is 0 Å². The maximum atomic E-state index is 11.5. The Balaban J connectivity index is 2.81. The molecule has 0 aromatic carbocycles. The van der Waals surface area contributed by atoms with E-state index >= 15 is 0 Å². The van der Waals surface area contributed by atoms with Crippen molar-refractivity contribution in [3.8, 4) is 0 Å². The van der Waals surface area contributed by atoms with E-state index in [0.717, 1.165) is 6.07 Å². The molecule has 0 bridgehead atoms. The largest absolute Gasteiger partial charge is 0.478 e. The summed E-state index contributed by atoms with van der Waals surface area (Å²) >= 11 is 0. The molecule has 1 heterocycles. The minimum atomic E-state index is -3.15. The Hall–Kier alpha value is -1.63. The van der Waals surface area contributed by atoms with Crippen LogP contribution >= 0.6 is 0 Å². The SMILES string of the molecule is CCCS(=O)(=O)CCn1ccc(C(=O)O)cc1=O. The molecular weight excluding hydrogens is 258 g/mol. The lowest BCUT2D eigenvalue weighted by Gasteiger charge is -2.06. The first-order valence-corrected chi connectivity index (χ1v) is 7.32. The van der Waals surface area contributed by atoms with E-state index in [1.165, 1.54) is 16.8 Å². The van der Waals surface area contributed by atoms with Gasteiger partial charge in [-0.1, -0.05) is 6.92 Å². The van der Waals surface area contributed by atoms with Crippen LogP contribution in [0.5, 0.6) is 0 Å². The lowest BCUT2D eigenvalue weighted by molar-refractivity contribution is 0.0696. The molecule has 1 rings (SSSR count). The molecule has 18 heavy (non-hydrogen) atoms. The van der Waals surface area contributed by atoms with Gasteiger partial charge in [-0.3, -0.25) is 4.79 Å². The van der Waals surface area contributed by atoms with Gasteiger partial charge in [0.25, 0.3) is 5.56 Å². The highest BCUT2D eigenvalue weighted by atomic mass is 32.2. The predicted octanol–water partition coefficient (Wildman–Crippen LogP) is 0.371. The molecule has 7 heteroatoms. The fourth-order valence-corrected chi connectivity index (χ4v) is 2.78. The Bertz CT molecular complexity index is 588. The summed E-state index contributed by atoms with van der Waals surface area (Å²) in [5, 5.41) is 8.69. The Kier molecular flexibility index (Phi) is 4.66. The molecule has 0 saturated carbocycles. The zero-order valence-electron chi connectivity index (χ0n) is 10.00. The second-order valence-electron chi connectivity index (χ2n) is 3.90. The van der Waals surface area contributed by atoms with E-state index in [2.05, 4.69) is 0 Å². The third-order valence-corrected chi connectivity index (χ3v) is 4.24. The number of nitrogens with zero attached hydrogens (tertiary/aromatic N) is 1. The summed E-state index contributed by atoms with van der Waals surface area (Å²) in [6.45, 7) is 1.81. The van der Waals surface area contributed by atoms with Crippen molar-refractivity contribution in [3.63, 3.8) is 0 Å². The van der Waals surface area contributed by atoms with Crippen LogP contribution in [0.15, 0.2) is 23.1 Å². The first kappa shape index (κ1) is 14.4. The van der Waals surface area contributed by atoms with Crippen LogP contribution in [0.4, 0.5) is 0 Å². The van der Waals surface area contributed by atoms with Crippen molar-refractivity contribution < 1.29 is 18.3 Å². The highest BCUT2D eigenvalue weighted by Crippen LogP contribution is 1.98. The normalized spacial score (nSPS) is 11.4. The molecule has 6 nitrogen and oxygen atoms in total. The number of hydrogen-bond donors (Lipinski definition) is 1. The Morgan fingerprint density at radius 3 is 2.56 bits per heavy atom. The second kappa shape index (κ2) is 5.81. The van der Waals surface area contributed by atoms with E-state index in [9.17, 15) is 18.0 Å². The molecular formula is C11H15NO5S. The first-order valence-electron chi connectivity index (χ1n) is 5.50. The summed E-state index contributed by atoms with van der Waals surface area (Å²) in [6, 6.07) is 2.25. The maximum Gasteiger partial charge on any atom is 0.335 e. The molecule has 0 spiro atoms. The standard InChI is InChI=1S/C11H15NO5S/c1-2-6-18(16,17)7-5-12-4-3-9(11(14)15)8-10(12)13/h3-4,8H,2,5-7H2,1H3,(H,14,15). The van der Waals surface area contributed by atoms with Crippen LogP contribution in [-0.4, -0.2) is 35.6 Å². The van der Waals surface area contributed by atoms with E-state index in [-0.39, 0.29) is 23.6 Å². The number of aryl methyl sites for hydroxylation is 1. The van der Waals surface area contributed by atoms with E-state index in [4.69, 9.17) is 5.11 Å². The van der Waals surface area contributed by atoms with E-state index in [1.807, 2.05) is 0 Å². The number of carboxylic acid groups (broad SMARTS) is 1. The Morgan fingerprint density at radius 1 is 1.39 bits per heavy atom. The fraction of sp³-hybridized carbons (Fsp3) is 0.455. The number of sulfone groups is 1. The molecule has 0 radical (unpaired) electrons. The minimum Gasteiger partial charge on any atom is -0.478 e. The van der Waals surface area contributed by atoms with Gasteiger partial charge in [0.15, 0.2) is 9.84 Å². The number of carboxylic acids is 1. The van der Waals surface area contributed by atoms with Gasteiger partial charge < -0.3 is 9.67 Å². The number of carbonyl (C=O) groups is 1. The highest BCUT2D eigenvalue weighted by Gasteiger charge is 2.11. The van der Waals surface area contributed by atoms with Crippen LogP contribution in [0.1, 0.15) is 23.7 Å². The van der Waals surface area contributed by atoms with Crippen molar-refractivity contribution in [1.29, 1.82) is 0 Å². The average molecular weight is 273 g/mol. The monoisotopic (exact) mass is 273 g/mol. The van der Waals surface area contributed by atoms with Gasteiger partial charge in [-0.25, -0.2) is 13.2 Å². The second-order valence-corrected chi connectivity index (χ2v) is 6.21. The third kappa shape index (κ3) is 3.99. The van der Waals surface area contributed by atoms with Gasteiger partial charge in [0, 0.05) is 24.6 Å². The summed E-state index contributed by atoms with van der Waals surface area (Å²) in [7, 11) is -3.15. The Labute approximate surface area is 105 Å². The lowest BCUT2D eigenvalue weighted by atomic mass is 10.3. The molecule has 0 unspecified atom stereocenters. The van der Waals surface area contributed by atoms with Gasteiger partial charge in [-0.2, -0.15) is 0 Å². The van der Waals surface area contributed by atoms with E-state index in [0.29, 0.717) is 6.42 Å². The maximum absolute atomic E-state index is 11.5. The van der Waals surface area contributed by atoms with Gasteiger partial charge in [0.1, 0.15) is 0 Å². The topological polar surface area (TPSA) is 93.4 Å². The van der Waals surface area contributed by atoms with Crippen LogP contribution in [0.2, 0.25) is 0 Å². The quantitative estimate of drug-likeness (QED) is 0.808. The van der Waals surface area contributed by atoms with Crippen molar-refractivity contribution in [2.24, 2.45) is 0 Å². The molecule has 100 valence electrons. The van der Waals surface area contributed by atoms with Crippen LogP contribution in [0.25, 0.3) is 0 Å². The average Bonchev–Trinajstić information content (AvgIpc) is 2.27. The summed E-state index contributed by atoms with van der Waals surface area (Å²) < 4.78 is 24.2. The minimum absolute atomic E-state index is 0.0427. The number of hydrogen-bond acceptors (Lipinski definition) is 4. The van der Waals surface area contributed by atoms with Crippen molar-refractivity contribution in [3.05, 3.63) is 34.2 Å². The predicted molar refractivity (Wildman–Crippen MR) is 66.6 cm³/mol. The summed E-state index contributed by atoms with van der Waals surface area (Å²) in [6.07, 6.45) is 1.84. The Morgan fingerprint density at radius 2 is 2.06 bits per heavy atom. The summed E-state index contributed by atoms with van der Waals surface area (Å²) in [5.74, 6) is -1.21. The third-order valence-electron chi connectivity index (χ3n) is 2.40. The molecule has 1 aromatic heterocycles. The van der Waals surface area contributed by atoms with E-state index in [1.54, 1.807) is 6.92 Å². The first-order chi connectivity index (χ1) is 8.35. The van der Waals surface area contributed by atoms with Crippen LogP contribution in [-0.2, 0) is 16.4 Å².